The molecule has 0 saturated carbocycles. The van der Waals surface area contributed by atoms with Gasteiger partial charge in [0.25, 0.3) is 5.91 Å². The molecule has 11 nitrogen and oxygen atoms in total. The number of hydrogen-bond acceptors (Lipinski definition) is 8. The van der Waals surface area contributed by atoms with Gasteiger partial charge in [0, 0.05) is 19.6 Å². The van der Waals surface area contributed by atoms with Gasteiger partial charge in [-0.2, -0.15) is 0 Å². The van der Waals surface area contributed by atoms with Crippen molar-refractivity contribution in [2.45, 2.75) is 38.8 Å². The summed E-state index contributed by atoms with van der Waals surface area (Å²) in [4.78, 5) is 38.6. The summed E-state index contributed by atoms with van der Waals surface area (Å²) >= 11 is 0. The molecule has 2 aliphatic rings. The van der Waals surface area contributed by atoms with Crippen molar-refractivity contribution < 1.29 is 24.5 Å². The molecule has 1 fully saturated rings. The van der Waals surface area contributed by atoms with Crippen LogP contribution in [-0.4, -0.2) is 77.1 Å². The second kappa shape index (κ2) is 10.2. The maximum absolute atomic E-state index is 13.4. The molecule has 2 atom stereocenters. The number of aliphatic hydroxyl groups is 2. The molecule has 1 saturated heterocycles. The number of hydrogen-bond donors (Lipinski definition) is 4. The Bertz CT molecular complexity index is 1050. The molecule has 2 bridgehead atoms. The quantitative estimate of drug-likeness (QED) is 0.475. The number of rotatable bonds is 7. The number of carbonyl (C=O) groups excluding carboxylic acids is 2. The maximum atomic E-state index is 13.4. The first-order valence-electron chi connectivity index (χ1n) is 11.4. The Morgan fingerprint density at radius 3 is 2.88 bits per heavy atom. The molecule has 0 radical (unpaired) electrons. The minimum atomic E-state index is -0.978. The minimum absolute atomic E-state index is 0.0639. The van der Waals surface area contributed by atoms with Crippen LogP contribution in [0.15, 0.2) is 24.4 Å². The first kappa shape index (κ1) is 23.7. The lowest BCUT2D eigenvalue weighted by Crippen LogP contribution is -2.56. The van der Waals surface area contributed by atoms with Gasteiger partial charge in [-0.05, 0) is 50.5 Å². The number of aromatic nitrogens is 2. The molecule has 0 spiro atoms. The molecule has 11 heteroatoms. The number of nitrogens with one attached hydrogen (secondary N) is 2. The number of amides is 3. The van der Waals surface area contributed by atoms with E-state index in [1.54, 1.807) is 23.1 Å². The van der Waals surface area contributed by atoms with E-state index in [9.17, 15) is 14.7 Å². The monoisotopic (exact) mass is 470 g/mol. The summed E-state index contributed by atoms with van der Waals surface area (Å²) in [5, 5.41) is 23.9. The van der Waals surface area contributed by atoms with Gasteiger partial charge in [-0.3, -0.25) is 15.0 Å². The third kappa shape index (κ3) is 4.90. The number of aliphatic hydroxyl groups excluding tert-OH is 2. The highest BCUT2D eigenvalue weighted by molar-refractivity contribution is 6.05. The van der Waals surface area contributed by atoms with E-state index in [0.29, 0.717) is 30.5 Å². The van der Waals surface area contributed by atoms with E-state index in [1.807, 2.05) is 13.8 Å². The lowest BCUT2D eigenvalue weighted by atomic mass is 9.98. The predicted octanol–water partition coefficient (Wildman–Crippen LogP) is 1.29. The van der Waals surface area contributed by atoms with Crippen molar-refractivity contribution in [1.29, 1.82) is 0 Å². The number of nitrogens with zero attached hydrogens (tertiary/aromatic N) is 4. The minimum Gasteiger partial charge on any atom is -0.489 e. The van der Waals surface area contributed by atoms with Gasteiger partial charge in [0.15, 0.2) is 5.82 Å². The van der Waals surface area contributed by atoms with Crippen LogP contribution in [-0.2, 0) is 0 Å². The van der Waals surface area contributed by atoms with E-state index in [2.05, 4.69) is 25.5 Å². The van der Waals surface area contributed by atoms with Crippen LogP contribution in [0.5, 0.6) is 5.75 Å². The molecule has 0 aromatic carbocycles. The molecule has 4 N–H and O–H groups in total. The zero-order chi connectivity index (χ0) is 24.2. The van der Waals surface area contributed by atoms with E-state index in [-0.39, 0.29) is 30.3 Å². The molecule has 4 heterocycles. The highest BCUT2D eigenvalue weighted by atomic mass is 16.5. The molecular weight excluding hydrogens is 440 g/mol. The van der Waals surface area contributed by atoms with Gasteiger partial charge in [-0.15, -0.1) is 0 Å². The summed E-state index contributed by atoms with van der Waals surface area (Å²) in [7, 11) is 0. The fourth-order valence-corrected chi connectivity index (χ4v) is 4.33. The molecule has 4 rings (SSSR count). The molecule has 2 aromatic rings. The van der Waals surface area contributed by atoms with Crippen molar-refractivity contribution in [3.63, 3.8) is 0 Å². The van der Waals surface area contributed by atoms with Crippen molar-refractivity contribution in [2.75, 3.05) is 48.0 Å². The van der Waals surface area contributed by atoms with Gasteiger partial charge in [0.05, 0.1) is 24.5 Å². The zero-order valence-corrected chi connectivity index (χ0v) is 19.3. The van der Waals surface area contributed by atoms with Crippen molar-refractivity contribution in [3.05, 3.63) is 35.7 Å². The lowest BCUT2D eigenvalue weighted by Gasteiger charge is -2.46. The molecule has 3 amide bonds. The second-order valence-corrected chi connectivity index (χ2v) is 8.42. The number of ether oxygens (including phenoxy) is 1. The van der Waals surface area contributed by atoms with E-state index in [1.165, 1.54) is 6.20 Å². The van der Waals surface area contributed by atoms with Crippen molar-refractivity contribution >= 4 is 29.3 Å². The molecule has 2 aliphatic heterocycles. The third-order valence-electron chi connectivity index (χ3n) is 5.88. The summed E-state index contributed by atoms with van der Waals surface area (Å²) in [5.41, 5.74) is 2.05. The summed E-state index contributed by atoms with van der Waals surface area (Å²) in [6.45, 7) is 5.39. The largest absolute Gasteiger partial charge is 0.489 e. The molecular formula is C23H30N6O5. The van der Waals surface area contributed by atoms with E-state index in [4.69, 9.17) is 9.84 Å². The van der Waals surface area contributed by atoms with Gasteiger partial charge in [-0.1, -0.05) is 0 Å². The number of aryl methyl sites for hydroxylation is 1. The van der Waals surface area contributed by atoms with Crippen LogP contribution in [0.2, 0.25) is 0 Å². The number of carbonyl (C=O) groups is 2. The van der Waals surface area contributed by atoms with Crippen molar-refractivity contribution in [1.82, 2.24) is 15.3 Å². The normalized spacial score (nSPS) is 17.6. The molecule has 182 valence electrons. The summed E-state index contributed by atoms with van der Waals surface area (Å²) in [5.74, 6) is 0.938. The average Bonchev–Trinajstić information content (AvgIpc) is 2.83. The molecule has 0 aliphatic carbocycles. The number of pyridine rings is 2. The van der Waals surface area contributed by atoms with Crippen molar-refractivity contribution in [2.24, 2.45) is 0 Å². The number of fused-ring (bicyclic) bond motifs is 4. The van der Waals surface area contributed by atoms with E-state index in [0.717, 1.165) is 30.6 Å². The van der Waals surface area contributed by atoms with Crippen LogP contribution in [0.1, 0.15) is 35.8 Å². The van der Waals surface area contributed by atoms with Crippen LogP contribution in [0.25, 0.3) is 0 Å². The Labute approximate surface area is 197 Å². The Morgan fingerprint density at radius 1 is 1.35 bits per heavy atom. The molecule has 2 aromatic heterocycles. The van der Waals surface area contributed by atoms with E-state index < -0.39 is 12.7 Å². The Balaban J connectivity index is 1.58. The fraction of sp³-hybridized carbons (Fsp3) is 0.478. The van der Waals surface area contributed by atoms with Crippen LogP contribution in [0.3, 0.4) is 0 Å². The number of piperidine rings is 1. The second-order valence-electron chi connectivity index (χ2n) is 8.42. The van der Waals surface area contributed by atoms with Gasteiger partial charge in [-0.25, -0.2) is 14.8 Å². The topological polar surface area (TPSA) is 140 Å². The van der Waals surface area contributed by atoms with E-state index >= 15 is 0 Å². The van der Waals surface area contributed by atoms with Crippen molar-refractivity contribution in [3.8, 4) is 5.75 Å². The molecule has 2 unspecified atom stereocenters. The smallest absolute Gasteiger partial charge is 0.329 e. The maximum Gasteiger partial charge on any atom is 0.329 e. The van der Waals surface area contributed by atoms with Gasteiger partial charge in [0.1, 0.15) is 30.0 Å². The Morgan fingerprint density at radius 2 is 2.18 bits per heavy atom. The summed E-state index contributed by atoms with van der Waals surface area (Å²) < 4.78 is 5.35. The SMILES string of the molecule is CCNC(=O)c1cc(C)c2c(n1)N(C(=O)Nc1ccc(OCC(O)CO)cn1)C1CCCN2C1. The number of anilines is 3. The summed E-state index contributed by atoms with van der Waals surface area (Å²) in [6.07, 6.45) is 2.24. The highest BCUT2D eigenvalue weighted by Gasteiger charge is 2.39. The van der Waals surface area contributed by atoms with Gasteiger partial charge < -0.3 is 25.2 Å². The van der Waals surface area contributed by atoms with Gasteiger partial charge >= 0.3 is 6.03 Å². The summed E-state index contributed by atoms with van der Waals surface area (Å²) in [6, 6.07) is 4.54. The Hall–Kier alpha value is -3.44. The van der Waals surface area contributed by atoms with Crippen LogP contribution in [0.4, 0.5) is 22.1 Å². The first-order valence-corrected chi connectivity index (χ1v) is 11.4. The predicted molar refractivity (Wildman–Crippen MR) is 127 cm³/mol. The zero-order valence-electron chi connectivity index (χ0n) is 19.3. The first-order chi connectivity index (χ1) is 16.4. The third-order valence-corrected chi connectivity index (χ3v) is 5.88. The Kier molecular flexibility index (Phi) is 7.13. The van der Waals surface area contributed by atoms with Crippen LogP contribution >= 0.6 is 0 Å². The van der Waals surface area contributed by atoms with Crippen LogP contribution < -0.4 is 25.2 Å². The van der Waals surface area contributed by atoms with Gasteiger partial charge in [0.2, 0.25) is 0 Å². The fourth-order valence-electron chi connectivity index (χ4n) is 4.33. The standard InChI is InChI=1S/C23H30N6O5/c1-3-24-22(32)18-9-14(2)20-21(26-18)29(15-5-4-8-28(20)11-15)23(33)27-19-7-6-17(10-25-19)34-13-16(31)12-30/h6-7,9-10,15-16,30-31H,3-5,8,11-13H2,1-2H3,(H,24,32)(H,25,27,33). The lowest BCUT2D eigenvalue weighted by molar-refractivity contribution is 0.0535. The highest BCUT2D eigenvalue weighted by Crippen LogP contribution is 2.40. The average molecular weight is 471 g/mol. The number of urea groups is 1. The molecule has 34 heavy (non-hydrogen) atoms. The van der Waals surface area contributed by atoms with Crippen LogP contribution in [0, 0.1) is 6.92 Å².